The second-order valence-corrected chi connectivity index (χ2v) is 18.4. The standard InChI is InChI=1S/C47H54F3N11O6/c1-57-43-29(4-2-6-33(43)41(55-57)34-11-12-40(62)54-46(34)63)5-3-21-66-38-15-17-58(24-36(38)48)23-28-7-9-30(10-8-28)61-25-37(42(56-61)44(49)50)52-47(64)35-22-51-60-20-16-39(53-45(35)60)59-18-13-31(14-19-59)67-32-26-65-27-32/h2,4,6,16,20,22,25,28,30-32,34,36,38,44H,7-15,17-19,21,23-24,26-27H2,1H3,(H,52,64)(H,54,62,63)/t28?,30?,34?,36-,38+/m1/s1. The van der Waals surface area contributed by atoms with E-state index in [9.17, 15) is 23.2 Å². The highest BCUT2D eigenvalue weighted by atomic mass is 19.3. The van der Waals surface area contributed by atoms with E-state index in [0.29, 0.717) is 74.1 Å². The number of rotatable bonds is 12. The fourth-order valence-electron chi connectivity index (χ4n) is 10.2. The van der Waals surface area contributed by atoms with Crippen molar-refractivity contribution in [1.82, 2.24) is 44.4 Å². The van der Waals surface area contributed by atoms with Crippen LogP contribution in [0.15, 0.2) is 42.9 Å². The van der Waals surface area contributed by atoms with Gasteiger partial charge >= 0.3 is 0 Å². The number of alkyl halides is 3. The summed E-state index contributed by atoms with van der Waals surface area (Å²) in [7, 11) is 1.79. The van der Waals surface area contributed by atoms with Crippen LogP contribution in [0, 0.1) is 17.8 Å². The van der Waals surface area contributed by atoms with Crippen LogP contribution in [0.4, 0.5) is 24.7 Å². The number of imide groups is 1. The maximum Gasteiger partial charge on any atom is 0.284 e. The molecule has 1 saturated carbocycles. The third kappa shape index (κ3) is 9.64. The monoisotopic (exact) mass is 925 g/mol. The Labute approximate surface area is 384 Å². The van der Waals surface area contributed by atoms with Gasteiger partial charge in [-0.1, -0.05) is 24.0 Å². The SMILES string of the molecule is Cn1nc(C2CCC(=O)NC2=O)c2cccc(C#CCO[C@H]3CCN(CC4CCC(n5cc(NC(=O)c6cnn7ccc(N8CCC(OC9COC9)CC8)nc67)c(C(F)F)n5)CC4)C[C@H]3F)c21. The molecule has 5 fully saturated rings. The number of benzene rings is 1. The van der Waals surface area contributed by atoms with Gasteiger partial charge in [0.1, 0.15) is 30.3 Å². The van der Waals surface area contributed by atoms with Crippen molar-refractivity contribution in [2.24, 2.45) is 13.0 Å². The van der Waals surface area contributed by atoms with Gasteiger partial charge in [0.25, 0.3) is 12.3 Å². The van der Waals surface area contributed by atoms with Crippen molar-refractivity contribution in [3.8, 4) is 11.8 Å². The highest BCUT2D eigenvalue weighted by molar-refractivity contribution is 6.08. The number of aromatic nitrogens is 7. The summed E-state index contributed by atoms with van der Waals surface area (Å²) in [4.78, 5) is 46.9. The van der Waals surface area contributed by atoms with Gasteiger partial charge in [-0.2, -0.15) is 15.3 Å². The summed E-state index contributed by atoms with van der Waals surface area (Å²) in [5.74, 6) is 5.46. The van der Waals surface area contributed by atoms with Crippen LogP contribution in [0.2, 0.25) is 0 Å². The van der Waals surface area contributed by atoms with Crippen molar-refractivity contribution in [3.63, 3.8) is 0 Å². The number of hydrogen-bond donors (Lipinski definition) is 2. The molecule has 10 rings (SSSR count). The molecule has 1 unspecified atom stereocenters. The molecule has 0 spiro atoms. The lowest BCUT2D eigenvalue weighted by Crippen LogP contribution is -2.47. The molecule has 1 aromatic carbocycles. The number of para-hydroxylation sites is 1. The zero-order valence-corrected chi connectivity index (χ0v) is 37.3. The number of fused-ring (bicyclic) bond motifs is 2. The number of amides is 3. The van der Waals surface area contributed by atoms with Gasteiger partial charge in [-0.3, -0.25) is 34.0 Å². The van der Waals surface area contributed by atoms with Crippen molar-refractivity contribution < 1.29 is 41.8 Å². The number of aryl methyl sites for hydroxylation is 1. The Kier molecular flexibility index (Phi) is 13.0. The Bertz CT molecular complexity index is 2690. The van der Waals surface area contributed by atoms with Gasteiger partial charge in [0, 0.05) is 64.0 Å². The van der Waals surface area contributed by atoms with Crippen molar-refractivity contribution in [2.45, 2.75) is 101 Å². The molecule has 3 atom stereocenters. The van der Waals surface area contributed by atoms with Crippen LogP contribution in [-0.2, 0) is 30.8 Å². The molecule has 2 N–H and O–H groups in total. The predicted octanol–water partition coefficient (Wildman–Crippen LogP) is 5.12. The molecule has 20 heteroatoms. The van der Waals surface area contributed by atoms with E-state index >= 15 is 4.39 Å². The average molecular weight is 926 g/mol. The van der Waals surface area contributed by atoms with Crippen molar-refractivity contribution in [2.75, 3.05) is 62.8 Å². The van der Waals surface area contributed by atoms with Gasteiger partial charge < -0.3 is 24.4 Å². The molecular weight excluding hydrogens is 872 g/mol. The topological polar surface area (TPSA) is 175 Å². The first kappa shape index (κ1) is 44.9. The molecule has 4 aromatic heterocycles. The van der Waals surface area contributed by atoms with Crippen LogP contribution in [-0.4, -0.2) is 134 Å². The first-order chi connectivity index (χ1) is 32.5. The molecule has 67 heavy (non-hydrogen) atoms. The lowest BCUT2D eigenvalue weighted by atomic mass is 9.85. The summed E-state index contributed by atoms with van der Waals surface area (Å²) < 4.78 is 66.2. The average Bonchev–Trinajstić information content (AvgIpc) is 4.03. The molecule has 5 aliphatic rings. The minimum Gasteiger partial charge on any atom is -0.376 e. The second-order valence-electron chi connectivity index (χ2n) is 18.4. The molecule has 0 radical (unpaired) electrons. The number of carbonyl (C=O) groups is 3. The maximum absolute atomic E-state index is 15.5. The van der Waals surface area contributed by atoms with Crippen molar-refractivity contribution in [1.29, 1.82) is 0 Å². The number of carbonyl (C=O) groups excluding carboxylic acids is 3. The van der Waals surface area contributed by atoms with Crippen molar-refractivity contribution >= 4 is 45.8 Å². The molecular formula is C47H54F3N11O6. The van der Waals surface area contributed by atoms with E-state index in [0.717, 1.165) is 56.2 Å². The Morgan fingerprint density at radius 3 is 2.58 bits per heavy atom. The molecule has 5 aromatic rings. The summed E-state index contributed by atoms with van der Waals surface area (Å²) in [5, 5.41) is 19.1. The Balaban J connectivity index is 0.695. The fraction of sp³-hybridized carbons (Fsp3) is 0.553. The Morgan fingerprint density at radius 2 is 1.84 bits per heavy atom. The lowest BCUT2D eigenvalue weighted by Gasteiger charge is -2.38. The zero-order chi connectivity index (χ0) is 46.2. The van der Waals surface area contributed by atoms with Crippen LogP contribution < -0.4 is 15.5 Å². The normalized spacial score (nSPS) is 24.5. The van der Waals surface area contributed by atoms with Gasteiger partial charge in [-0.25, -0.2) is 22.7 Å². The maximum atomic E-state index is 15.5. The fourth-order valence-corrected chi connectivity index (χ4v) is 10.2. The van der Waals surface area contributed by atoms with E-state index in [-0.39, 0.29) is 60.9 Å². The largest absolute Gasteiger partial charge is 0.376 e. The van der Waals surface area contributed by atoms with Gasteiger partial charge in [-0.15, -0.1) is 0 Å². The van der Waals surface area contributed by atoms with Crippen LogP contribution in [0.5, 0.6) is 0 Å². The summed E-state index contributed by atoms with van der Waals surface area (Å²) in [6.07, 6.45) is 6.27. The molecule has 17 nitrogen and oxygen atoms in total. The van der Waals surface area contributed by atoms with Crippen LogP contribution in [0.1, 0.15) is 103 Å². The number of piperidine rings is 3. The number of likely N-dealkylation sites (tertiary alicyclic amines) is 1. The quantitative estimate of drug-likeness (QED) is 0.125. The molecule has 4 aliphatic heterocycles. The van der Waals surface area contributed by atoms with Crippen LogP contribution >= 0.6 is 0 Å². The van der Waals surface area contributed by atoms with Gasteiger partial charge in [-0.05, 0) is 69.4 Å². The molecule has 354 valence electrons. The highest BCUT2D eigenvalue weighted by Gasteiger charge is 2.35. The number of hydrogen-bond acceptors (Lipinski definition) is 12. The van der Waals surface area contributed by atoms with Gasteiger partial charge in [0.15, 0.2) is 11.3 Å². The summed E-state index contributed by atoms with van der Waals surface area (Å²) >= 11 is 0. The lowest BCUT2D eigenvalue weighted by molar-refractivity contribution is -0.157. The van der Waals surface area contributed by atoms with E-state index in [2.05, 4.69) is 47.6 Å². The molecule has 0 bridgehead atoms. The number of ether oxygens (including phenoxy) is 3. The van der Waals surface area contributed by atoms with E-state index in [1.54, 1.807) is 22.6 Å². The minimum atomic E-state index is -2.90. The molecule has 4 saturated heterocycles. The number of nitrogens with one attached hydrogen (secondary N) is 2. The molecule has 3 amide bonds. The third-order valence-electron chi connectivity index (χ3n) is 13.9. The molecule has 8 heterocycles. The number of halogens is 3. The summed E-state index contributed by atoms with van der Waals surface area (Å²) in [6.45, 7) is 4.50. The minimum absolute atomic E-state index is 0.0481. The predicted molar refractivity (Wildman–Crippen MR) is 238 cm³/mol. The highest BCUT2D eigenvalue weighted by Crippen LogP contribution is 2.37. The van der Waals surface area contributed by atoms with E-state index in [4.69, 9.17) is 19.2 Å². The van der Waals surface area contributed by atoms with E-state index < -0.39 is 36.2 Å². The van der Waals surface area contributed by atoms with Gasteiger partial charge in [0.05, 0.1) is 66.0 Å². The molecule has 1 aliphatic carbocycles. The first-order valence-corrected chi connectivity index (χ1v) is 23.3. The summed E-state index contributed by atoms with van der Waals surface area (Å²) in [5.41, 5.74) is 2.05. The van der Waals surface area contributed by atoms with E-state index in [1.165, 1.54) is 16.9 Å². The second kappa shape index (κ2) is 19.4. The van der Waals surface area contributed by atoms with Crippen LogP contribution in [0.3, 0.4) is 0 Å². The van der Waals surface area contributed by atoms with Crippen LogP contribution in [0.25, 0.3) is 16.6 Å². The number of anilines is 2. The smallest absolute Gasteiger partial charge is 0.284 e. The summed E-state index contributed by atoms with van der Waals surface area (Å²) in [6, 6.07) is 7.35. The number of nitrogens with zero attached hydrogens (tertiary/aromatic N) is 9. The zero-order valence-electron chi connectivity index (χ0n) is 37.3. The van der Waals surface area contributed by atoms with E-state index in [1.807, 2.05) is 24.3 Å². The Hall–Kier alpha value is -5.88. The first-order valence-electron chi connectivity index (χ1n) is 23.3. The van der Waals surface area contributed by atoms with Gasteiger partial charge in [0.2, 0.25) is 11.8 Å². The van der Waals surface area contributed by atoms with Crippen molar-refractivity contribution in [3.05, 3.63) is 65.4 Å². The third-order valence-corrected chi connectivity index (χ3v) is 13.9. The Morgan fingerprint density at radius 1 is 1.01 bits per heavy atom.